The second-order valence-electron chi connectivity index (χ2n) is 10.4. The summed E-state index contributed by atoms with van der Waals surface area (Å²) in [6.45, 7) is 25.0. The Labute approximate surface area is 145 Å². The Morgan fingerprint density at radius 3 is 1.45 bits per heavy atom. The standard InChI is InChI=1S/C19H40N2S/c1-14(2)17(6,7)13-19(10,11)21-15(22)20-18(8,9)12-16(3,4)5/h14H,12-13H2,1-11H3,(H2,20,21,22). The van der Waals surface area contributed by atoms with Crippen molar-refractivity contribution in [2.24, 2.45) is 16.7 Å². The lowest BCUT2D eigenvalue weighted by molar-refractivity contribution is 0.172. The molecule has 0 aliphatic rings. The van der Waals surface area contributed by atoms with Crippen LogP contribution in [0.15, 0.2) is 0 Å². The second-order valence-corrected chi connectivity index (χ2v) is 10.8. The topological polar surface area (TPSA) is 24.1 Å². The molecule has 132 valence electrons. The lowest BCUT2D eigenvalue weighted by Crippen LogP contribution is -2.56. The van der Waals surface area contributed by atoms with E-state index in [0.717, 1.165) is 18.0 Å². The van der Waals surface area contributed by atoms with Crippen LogP contribution < -0.4 is 10.6 Å². The molecule has 0 aliphatic carbocycles. The van der Waals surface area contributed by atoms with Gasteiger partial charge in [-0.2, -0.15) is 0 Å². The molecule has 0 saturated carbocycles. The maximum Gasteiger partial charge on any atom is 0.167 e. The molecule has 0 aromatic heterocycles. The van der Waals surface area contributed by atoms with Gasteiger partial charge in [-0.15, -0.1) is 0 Å². The second kappa shape index (κ2) is 7.07. The Kier molecular flexibility index (Phi) is 6.97. The summed E-state index contributed by atoms with van der Waals surface area (Å²) in [6.07, 6.45) is 2.15. The third kappa shape index (κ3) is 8.97. The number of rotatable bonds is 6. The van der Waals surface area contributed by atoms with E-state index in [2.05, 4.69) is 86.8 Å². The van der Waals surface area contributed by atoms with Crippen molar-refractivity contribution in [1.82, 2.24) is 10.6 Å². The molecular weight excluding hydrogens is 288 g/mol. The fourth-order valence-corrected chi connectivity index (χ4v) is 3.96. The van der Waals surface area contributed by atoms with Crippen LogP contribution in [0.5, 0.6) is 0 Å². The summed E-state index contributed by atoms with van der Waals surface area (Å²) in [4.78, 5) is 0. The highest BCUT2D eigenvalue weighted by Crippen LogP contribution is 2.35. The number of hydrogen-bond acceptors (Lipinski definition) is 1. The smallest absolute Gasteiger partial charge is 0.167 e. The molecule has 0 rings (SSSR count). The molecule has 3 heteroatoms. The van der Waals surface area contributed by atoms with Crippen LogP contribution in [-0.2, 0) is 0 Å². The first-order valence-electron chi connectivity index (χ1n) is 8.56. The first-order chi connectivity index (χ1) is 9.46. The minimum absolute atomic E-state index is 0.00796. The van der Waals surface area contributed by atoms with Gasteiger partial charge in [0.1, 0.15) is 0 Å². The van der Waals surface area contributed by atoms with Crippen LogP contribution in [0.25, 0.3) is 0 Å². The zero-order chi connectivity index (χ0) is 18.0. The largest absolute Gasteiger partial charge is 0.358 e. The van der Waals surface area contributed by atoms with E-state index in [4.69, 9.17) is 12.2 Å². The van der Waals surface area contributed by atoms with Gasteiger partial charge in [-0.05, 0) is 69.5 Å². The highest BCUT2D eigenvalue weighted by Gasteiger charge is 2.33. The van der Waals surface area contributed by atoms with Crippen molar-refractivity contribution in [3.63, 3.8) is 0 Å². The van der Waals surface area contributed by atoms with Crippen molar-refractivity contribution in [3.05, 3.63) is 0 Å². The molecule has 0 spiro atoms. The van der Waals surface area contributed by atoms with Gasteiger partial charge in [0.05, 0.1) is 0 Å². The highest BCUT2D eigenvalue weighted by atomic mass is 32.1. The van der Waals surface area contributed by atoms with Crippen LogP contribution in [0.4, 0.5) is 0 Å². The third-order valence-electron chi connectivity index (χ3n) is 4.34. The summed E-state index contributed by atoms with van der Waals surface area (Å²) in [7, 11) is 0. The molecule has 2 nitrogen and oxygen atoms in total. The highest BCUT2D eigenvalue weighted by molar-refractivity contribution is 7.80. The fourth-order valence-electron chi connectivity index (χ4n) is 3.40. The van der Waals surface area contributed by atoms with E-state index in [1.807, 2.05) is 0 Å². The molecule has 0 radical (unpaired) electrons. The maximum absolute atomic E-state index is 5.57. The monoisotopic (exact) mass is 328 g/mol. The molecule has 0 fully saturated rings. The molecule has 0 bridgehead atoms. The minimum atomic E-state index is -0.0182. The molecule has 0 amide bonds. The van der Waals surface area contributed by atoms with Gasteiger partial charge in [0, 0.05) is 11.1 Å². The summed E-state index contributed by atoms with van der Waals surface area (Å²) in [6, 6.07) is 0. The van der Waals surface area contributed by atoms with Gasteiger partial charge in [0.15, 0.2) is 5.11 Å². The molecule has 0 aromatic rings. The Bertz CT molecular complexity index is 373. The van der Waals surface area contributed by atoms with Crippen LogP contribution in [0.1, 0.15) is 89.0 Å². The zero-order valence-corrected chi connectivity index (χ0v) is 17.7. The van der Waals surface area contributed by atoms with E-state index < -0.39 is 0 Å². The van der Waals surface area contributed by atoms with Crippen LogP contribution in [0, 0.1) is 16.7 Å². The Morgan fingerprint density at radius 2 is 1.14 bits per heavy atom. The van der Waals surface area contributed by atoms with Gasteiger partial charge < -0.3 is 10.6 Å². The lowest BCUT2D eigenvalue weighted by atomic mass is 9.72. The summed E-state index contributed by atoms with van der Waals surface area (Å²) < 4.78 is 0. The average Bonchev–Trinajstić information content (AvgIpc) is 2.06. The van der Waals surface area contributed by atoms with Crippen molar-refractivity contribution in [2.75, 3.05) is 0 Å². The fraction of sp³-hybridized carbons (Fsp3) is 0.947. The molecule has 0 atom stereocenters. The predicted octanol–water partition coefficient (Wildman–Crippen LogP) is 5.52. The summed E-state index contributed by atoms with van der Waals surface area (Å²) in [5.41, 5.74) is 0.538. The minimum Gasteiger partial charge on any atom is -0.358 e. The van der Waals surface area contributed by atoms with E-state index in [1.54, 1.807) is 0 Å². The first-order valence-corrected chi connectivity index (χ1v) is 8.97. The van der Waals surface area contributed by atoms with E-state index in [0.29, 0.717) is 5.92 Å². The number of thiocarbonyl (C=S) groups is 1. The molecule has 0 heterocycles. The van der Waals surface area contributed by atoms with Crippen LogP contribution in [0.3, 0.4) is 0 Å². The Morgan fingerprint density at radius 1 is 0.773 bits per heavy atom. The van der Waals surface area contributed by atoms with Crippen LogP contribution in [0.2, 0.25) is 0 Å². The van der Waals surface area contributed by atoms with E-state index in [1.165, 1.54) is 0 Å². The van der Waals surface area contributed by atoms with Crippen molar-refractivity contribution < 1.29 is 0 Å². The summed E-state index contributed by atoms with van der Waals surface area (Å²) >= 11 is 5.57. The Hall–Kier alpha value is -0.310. The van der Waals surface area contributed by atoms with Crippen molar-refractivity contribution in [3.8, 4) is 0 Å². The predicted molar refractivity (Wildman–Crippen MR) is 104 cm³/mol. The third-order valence-corrected chi connectivity index (χ3v) is 4.54. The van der Waals surface area contributed by atoms with Gasteiger partial charge in [0.2, 0.25) is 0 Å². The summed E-state index contributed by atoms with van der Waals surface area (Å²) in [5.74, 6) is 0.646. The molecule has 0 saturated heterocycles. The SMILES string of the molecule is CC(C)C(C)(C)CC(C)(C)NC(=S)NC(C)(C)CC(C)(C)C. The van der Waals surface area contributed by atoms with Gasteiger partial charge in [-0.25, -0.2) is 0 Å². The van der Waals surface area contributed by atoms with E-state index in [-0.39, 0.29) is 21.9 Å². The lowest BCUT2D eigenvalue weighted by Gasteiger charge is -2.40. The van der Waals surface area contributed by atoms with Crippen molar-refractivity contribution in [1.29, 1.82) is 0 Å². The van der Waals surface area contributed by atoms with Crippen molar-refractivity contribution >= 4 is 17.3 Å². The van der Waals surface area contributed by atoms with Gasteiger partial charge in [-0.1, -0.05) is 48.5 Å². The van der Waals surface area contributed by atoms with E-state index in [9.17, 15) is 0 Å². The molecule has 2 N–H and O–H groups in total. The molecule has 0 unspecified atom stereocenters. The Balaban J connectivity index is 4.71. The molecule has 22 heavy (non-hydrogen) atoms. The summed E-state index contributed by atoms with van der Waals surface area (Å²) in [5, 5.41) is 7.80. The number of nitrogens with one attached hydrogen (secondary N) is 2. The normalized spacial score (nSPS) is 14.2. The quantitative estimate of drug-likeness (QED) is 0.628. The van der Waals surface area contributed by atoms with Gasteiger partial charge >= 0.3 is 0 Å². The number of hydrogen-bond donors (Lipinski definition) is 2. The van der Waals surface area contributed by atoms with E-state index >= 15 is 0 Å². The van der Waals surface area contributed by atoms with Crippen molar-refractivity contribution in [2.45, 2.75) is 100 Å². The average molecular weight is 329 g/mol. The van der Waals surface area contributed by atoms with Crippen LogP contribution in [-0.4, -0.2) is 16.2 Å². The van der Waals surface area contributed by atoms with Gasteiger partial charge in [-0.3, -0.25) is 0 Å². The molecular formula is C19H40N2S. The van der Waals surface area contributed by atoms with Gasteiger partial charge in [0.25, 0.3) is 0 Å². The first kappa shape index (κ1) is 21.7. The molecule has 0 aliphatic heterocycles. The zero-order valence-electron chi connectivity index (χ0n) is 16.9. The van der Waals surface area contributed by atoms with Crippen LogP contribution >= 0.6 is 12.2 Å². The molecule has 0 aromatic carbocycles. The maximum atomic E-state index is 5.57.